The van der Waals surface area contributed by atoms with Crippen molar-refractivity contribution in [2.24, 2.45) is 0 Å². The van der Waals surface area contributed by atoms with Crippen molar-refractivity contribution >= 4 is 80.2 Å². The van der Waals surface area contributed by atoms with Gasteiger partial charge in [0, 0.05) is 0 Å². The lowest BCUT2D eigenvalue weighted by Gasteiger charge is -2.14. The van der Waals surface area contributed by atoms with Crippen LogP contribution in [0, 0.1) is 9.39 Å². The number of thioether (sulfide) groups is 1. The Hall–Kier alpha value is -1.36. The predicted octanol–water partition coefficient (Wildman–Crippen LogP) is 5.51. The van der Waals surface area contributed by atoms with Crippen LogP contribution in [0.3, 0.4) is 0 Å². The zero-order chi connectivity index (χ0) is 19.7. The van der Waals surface area contributed by atoms with Gasteiger partial charge in [-0.25, -0.2) is 4.39 Å². The number of anilines is 1. The van der Waals surface area contributed by atoms with Crippen LogP contribution in [0.25, 0.3) is 6.08 Å². The fraction of sp³-hybridized carbons (Fsp3) is 0.111. The van der Waals surface area contributed by atoms with Crippen molar-refractivity contribution in [3.63, 3.8) is 0 Å². The summed E-state index contributed by atoms with van der Waals surface area (Å²) in [5.41, 5.74) is 1.20. The summed E-state index contributed by atoms with van der Waals surface area (Å²) in [5, 5.41) is -0.0695. The van der Waals surface area contributed by atoms with Crippen LogP contribution < -0.4 is 14.4 Å². The molecule has 2 aromatic carbocycles. The average Bonchev–Trinajstić information content (AvgIpc) is 2.90. The number of nitrogens with zero attached hydrogens (tertiary/aromatic N) is 1. The minimum absolute atomic E-state index is 0.0695. The molecule has 0 aliphatic carbocycles. The average molecular weight is 536 g/mol. The van der Waals surface area contributed by atoms with Gasteiger partial charge in [0.2, 0.25) is 0 Å². The maximum Gasteiger partial charge on any atom is 0.270 e. The highest BCUT2D eigenvalue weighted by Gasteiger charge is 2.33. The van der Waals surface area contributed by atoms with Crippen LogP contribution in [0.5, 0.6) is 11.5 Å². The van der Waals surface area contributed by atoms with Crippen molar-refractivity contribution in [1.29, 1.82) is 0 Å². The summed E-state index contributed by atoms with van der Waals surface area (Å²) < 4.78 is 25.3. The van der Waals surface area contributed by atoms with Gasteiger partial charge in [-0.15, -0.1) is 0 Å². The number of methoxy groups -OCH3 is 2. The Labute approximate surface area is 183 Å². The molecule has 0 N–H and O–H groups in total. The Morgan fingerprint density at radius 3 is 2.63 bits per heavy atom. The van der Waals surface area contributed by atoms with Crippen LogP contribution in [0.4, 0.5) is 10.1 Å². The standard InChI is InChI=1S/C18H12ClFINO3S2/c1-24-14-6-9(5-13(21)16(14)25-2)7-15-17(23)22(18(26)27-15)10-3-4-12(20)11(19)8-10/h3-8H,1-2H3/b15-7+. The summed E-state index contributed by atoms with van der Waals surface area (Å²) in [6.07, 6.45) is 1.73. The van der Waals surface area contributed by atoms with Gasteiger partial charge in [0.05, 0.1) is 33.4 Å². The lowest BCUT2D eigenvalue weighted by molar-refractivity contribution is -0.113. The summed E-state index contributed by atoms with van der Waals surface area (Å²) in [7, 11) is 3.12. The van der Waals surface area contributed by atoms with Gasteiger partial charge in [0.25, 0.3) is 5.91 Å². The first-order valence-corrected chi connectivity index (χ1v) is 10.2. The third-order valence-electron chi connectivity index (χ3n) is 3.71. The Balaban J connectivity index is 1.97. The number of benzene rings is 2. The van der Waals surface area contributed by atoms with Gasteiger partial charge in [-0.05, 0) is 64.6 Å². The van der Waals surface area contributed by atoms with E-state index in [0.29, 0.717) is 26.4 Å². The molecule has 2 aromatic rings. The van der Waals surface area contributed by atoms with Crippen LogP contribution >= 0.6 is 58.2 Å². The molecule has 1 aliphatic heterocycles. The van der Waals surface area contributed by atoms with Crippen molar-refractivity contribution in [3.8, 4) is 11.5 Å². The molecule has 1 amide bonds. The Morgan fingerprint density at radius 1 is 1.26 bits per heavy atom. The second-order valence-corrected chi connectivity index (χ2v) is 8.60. The number of hydrogen-bond donors (Lipinski definition) is 0. The number of thiocarbonyl (C=S) groups is 1. The van der Waals surface area contributed by atoms with Crippen LogP contribution in [-0.4, -0.2) is 24.4 Å². The Kier molecular flexibility index (Phi) is 6.29. The highest BCUT2D eigenvalue weighted by Crippen LogP contribution is 2.39. The molecule has 140 valence electrons. The van der Waals surface area contributed by atoms with Gasteiger partial charge in [-0.3, -0.25) is 9.69 Å². The minimum Gasteiger partial charge on any atom is -0.493 e. The van der Waals surface area contributed by atoms with E-state index in [1.165, 1.54) is 34.9 Å². The smallest absolute Gasteiger partial charge is 0.270 e. The molecule has 4 nitrogen and oxygen atoms in total. The van der Waals surface area contributed by atoms with E-state index < -0.39 is 5.82 Å². The van der Waals surface area contributed by atoms with Crippen molar-refractivity contribution in [2.45, 2.75) is 0 Å². The lowest BCUT2D eigenvalue weighted by atomic mass is 10.2. The van der Waals surface area contributed by atoms with Crippen molar-refractivity contribution in [1.82, 2.24) is 0 Å². The van der Waals surface area contributed by atoms with Gasteiger partial charge in [0.1, 0.15) is 5.82 Å². The molecule has 27 heavy (non-hydrogen) atoms. The molecule has 0 bridgehead atoms. The molecule has 0 radical (unpaired) electrons. The number of rotatable bonds is 4. The molecular weight excluding hydrogens is 524 g/mol. The van der Waals surface area contributed by atoms with Gasteiger partial charge >= 0.3 is 0 Å². The van der Waals surface area contributed by atoms with E-state index in [-0.39, 0.29) is 10.9 Å². The number of halogens is 3. The molecule has 0 aromatic heterocycles. The monoisotopic (exact) mass is 535 g/mol. The molecule has 1 saturated heterocycles. The van der Waals surface area contributed by atoms with E-state index in [4.69, 9.17) is 33.3 Å². The maximum absolute atomic E-state index is 13.4. The molecule has 0 atom stereocenters. The number of amides is 1. The third-order valence-corrected chi connectivity index (χ3v) is 6.10. The Morgan fingerprint density at radius 2 is 2.00 bits per heavy atom. The molecule has 1 aliphatic rings. The SMILES string of the molecule is COc1cc(/C=C2/SC(=S)N(c3ccc(F)c(Cl)c3)C2=O)cc(I)c1OC. The maximum atomic E-state index is 13.4. The largest absolute Gasteiger partial charge is 0.493 e. The Bertz CT molecular complexity index is 983. The van der Waals surface area contributed by atoms with Crippen LogP contribution in [0.2, 0.25) is 5.02 Å². The highest BCUT2D eigenvalue weighted by atomic mass is 127. The van der Waals surface area contributed by atoms with E-state index in [0.717, 1.165) is 9.13 Å². The number of carbonyl (C=O) groups excluding carboxylic acids is 1. The van der Waals surface area contributed by atoms with Gasteiger partial charge < -0.3 is 9.47 Å². The topological polar surface area (TPSA) is 38.8 Å². The zero-order valence-electron chi connectivity index (χ0n) is 14.1. The predicted molar refractivity (Wildman–Crippen MR) is 119 cm³/mol. The first kappa shape index (κ1) is 20.4. The van der Waals surface area contributed by atoms with Crippen LogP contribution in [0.15, 0.2) is 35.2 Å². The van der Waals surface area contributed by atoms with Crippen LogP contribution in [0.1, 0.15) is 5.56 Å². The summed E-state index contributed by atoms with van der Waals surface area (Å²) in [6, 6.07) is 7.71. The minimum atomic E-state index is -0.554. The summed E-state index contributed by atoms with van der Waals surface area (Å²) in [5.74, 6) is 0.346. The van der Waals surface area contributed by atoms with E-state index >= 15 is 0 Å². The second kappa shape index (κ2) is 8.34. The molecule has 0 spiro atoms. The molecular formula is C18H12ClFINO3S2. The fourth-order valence-corrected chi connectivity index (χ4v) is 4.81. The second-order valence-electron chi connectivity index (χ2n) is 5.35. The van der Waals surface area contributed by atoms with E-state index in [1.807, 2.05) is 6.07 Å². The zero-order valence-corrected chi connectivity index (χ0v) is 18.6. The van der Waals surface area contributed by atoms with Crippen molar-refractivity contribution < 1.29 is 18.7 Å². The number of carbonyl (C=O) groups is 1. The molecule has 9 heteroatoms. The first-order chi connectivity index (χ1) is 12.8. The normalized spacial score (nSPS) is 15.6. The summed E-state index contributed by atoms with van der Waals surface area (Å²) in [4.78, 5) is 14.6. The highest BCUT2D eigenvalue weighted by molar-refractivity contribution is 14.1. The first-order valence-electron chi connectivity index (χ1n) is 7.50. The molecule has 1 heterocycles. The van der Waals surface area contributed by atoms with E-state index in [9.17, 15) is 9.18 Å². The van der Waals surface area contributed by atoms with Crippen molar-refractivity contribution in [3.05, 3.63) is 55.2 Å². The number of ether oxygens (including phenoxy) is 2. The third kappa shape index (κ3) is 4.08. The van der Waals surface area contributed by atoms with Gasteiger partial charge in [-0.1, -0.05) is 35.6 Å². The van der Waals surface area contributed by atoms with Crippen LogP contribution in [-0.2, 0) is 4.79 Å². The fourth-order valence-electron chi connectivity index (χ4n) is 2.49. The molecule has 0 saturated carbocycles. The lowest BCUT2D eigenvalue weighted by Crippen LogP contribution is -2.27. The van der Waals surface area contributed by atoms with Gasteiger partial charge in [-0.2, -0.15) is 0 Å². The summed E-state index contributed by atoms with van der Waals surface area (Å²) in [6.45, 7) is 0. The van der Waals surface area contributed by atoms with Crippen molar-refractivity contribution in [2.75, 3.05) is 19.1 Å². The quantitative estimate of drug-likeness (QED) is 0.293. The molecule has 3 rings (SSSR count). The van der Waals surface area contributed by atoms with E-state index in [1.54, 1.807) is 26.4 Å². The molecule has 1 fully saturated rings. The van der Waals surface area contributed by atoms with Gasteiger partial charge in [0.15, 0.2) is 15.8 Å². The summed E-state index contributed by atoms with van der Waals surface area (Å²) >= 11 is 14.5. The number of hydrogen-bond acceptors (Lipinski definition) is 5. The molecule has 0 unspecified atom stereocenters. The van der Waals surface area contributed by atoms with E-state index in [2.05, 4.69) is 22.6 Å².